The van der Waals surface area contributed by atoms with E-state index in [4.69, 9.17) is 27.9 Å². The molecule has 0 aliphatic carbocycles. The third kappa shape index (κ3) is 6.29. The van der Waals surface area contributed by atoms with E-state index in [2.05, 4.69) is 26.6 Å². The van der Waals surface area contributed by atoms with Gasteiger partial charge in [-0.3, -0.25) is 0 Å². The van der Waals surface area contributed by atoms with Crippen molar-refractivity contribution in [2.75, 3.05) is 18.5 Å². The first-order chi connectivity index (χ1) is 11.0. The second-order valence-corrected chi connectivity index (χ2v) is 6.43. The predicted octanol–water partition coefficient (Wildman–Crippen LogP) is 5.35. The van der Waals surface area contributed by atoms with E-state index in [0.717, 1.165) is 4.47 Å². The van der Waals surface area contributed by atoms with Crippen LogP contribution in [0, 0.1) is 0 Å². The van der Waals surface area contributed by atoms with Crippen molar-refractivity contribution in [1.82, 2.24) is 5.32 Å². The SMILES string of the molecule is O=C(NCCCOc1ccc(Br)cc1Cl)Nc1cccc(Cl)c1. The molecular formula is C16H15BrCl2N2O2. The van der Waals surface area contributed by atoms with Gasteiger partial charge in [0, 0.05) is 21.7 Å². The Bertz CT molecular complexity index is 683. The zero-order chi connectivity index (χ0) is 16.7. The molecule has 0 fully saturated rings. The Kier molecular flexibility index (Phi) is 7.02. The molecule has 122 valence electrons. The number of carbonyl (C=O) groups is 1. The standard InChI is InChI=1S/C16H15BrCl2N2O2/c17-11-5-6-15(14(19)9-11)23-8-2-7-20-16(22)21-13-4-1-3-12(18)10-13/h1,3-6,9-10H,2,7-8H2,(H2,20,21,22). The van der Waals surface area contributed by atoms with Gasteiger partial charge in [-0.25, -0.2) is 4.79 Å². The van der Waals surface area contributed by atoms with Crippen molar-refractivity contribution >= 4 is 50.9 Å². The van der Waals surface area contributed by atoms with E-state index in [1.807, 2.05) is 6.07 Å². The van der Waals surface area contributed by atoms with Crippen LogP contribution < -0.4 is 15.4 Å². The number of rotatable bonds is 6. The minimum Gasteiger partial charge on any atom is -0.492 e. The number of urea groups is 1. The highest BCUT2D eigenvalue weighted by atomic mass is 79.9. The van der Waals surface area contributed by atoms with E-state index < -0.39 is 0 Å². The van der Waals surface area contributed by atoms with Crippen LogP contribution in [-0.2, 0) is 0 Å². The van der Waals surface area contributed by atoms with E-state index >= 15 is 0 Å². The molecule has 0 aromatic heterocycles. The van der Waals surface area contributed by atoms with Crippen molar-refractivity contribution in [2.45, 2.75) is 6.42 Å². The average Bonchev–Trinajstić information content (AvgIpc) is 2.49. The number of carbonyl (C=O) groups excluding carboxylic acids is 1. The monoisotopic (exact) mass is 416 g/mol. The van der Waals surface area contributed by atoms with Gasteiger partial charge in [-0.05, 0) is 42.8 Å². The molecule has 2 N–H and O–H groups in total. The van der Waals surface area contributed by atoms with Gasteiger partial charge in [0.25, 0.3) is 0 Å². The summed E-state index contributed by atoms with van der Waals surface area (Å²) in [5.74, 6) is 0.623. The third-order valence-electron chi connectivity index (χ3n) is 2.84. The van der Waals surface area contributed by atoms with Gasteiger partial charge in [-0.2, -0.15) is 0 Å². The van der Waals surface area contributed by atoms with Gasteiger partial charge in [-0.15, -0.1) is 0 Å². The highest BCUT2D eigenvalue weighted by Crippen LogP contribution is 2.27. The highest BCUT2D eigenvalue weighted by molar-refractivity contribution is 9.10. The summed E-state index contributed by atoms with van der Waals surface area (Å²) in [6.07, 6.45) is 0.662. The molecule has 0 spiro atoms. The summed E-state index contributed by atoms with van der Waals surface area (Å²) in [6.45, 7) is 0.944. The maximum Gasteiger partial charge on any atom is 0.319 e. The Morgan fingerprint density at radius 2 is 2.00 bits per heavy atom. The quantitative estimate of drug-likeness (QED) is 0.622. The molecular weight excluding hydrogens is 403 g/mol. The number of hydrogen-bond acceptors (Lipinski definition) is 2. The van der Waals surface area contributed by atoms with E-state index in [-0.39, 0.29) is 6.03 Å². The number of amides is 2. The second-order valence-electron chi connectivity index (χ2n) is 4.67. The summed E-state index contributed by atoms with van der Waals surface area (Å²) in [7, 11) is 0. The van der Waals surface area contributed by atoms with Gasteiger partial charge in [0.05, 0.1) is 11.6 Å². The molecule has 7 heteroatoms. The molecule has 0 aliphatic heterocycles. The normalized spacial score (nSPS) is 10.2. The van der Waals surface area contributed by atoms with E-state index in [9.17, 15) is 4.79 Å². The van der Waals surface area contributed by atoms with Gasteiger partial charge in [0.15, 0.2) is 0 Å². The van der Waals surface area contributed by atoms with Crippen LogP contribution in [0.5, 0.6) is 5.75 Å². The number of benzene rings is 2. The molecule has 0 saturated heterocycles. The maximum atomic E-state index is 11.7. The molecule has 2 aromatic carbocycles. The smallest absolute Gasteiger partial charge is 0.319 e. The summed E-state index contributed by atoms with van der Waals surface area (Å²) in [5.41, 5.74) is 0.646. The minimum absolute atomic E-state index is 0.283. The second kappa shape index (κ2) is 9.01. The summed E-state index contributed by atoms with van der Waals surface area (Å²) < 4.78 is 6.46. The lowest BCUT2D eigenvalue weighted by molar-refractivity contribution is 0.250. The fraction of sp³-hybridized carbons (Fsp3) is 0.188. The van der Waals surface area contributed by atoms with E-state index in [0.29, 0.717) is 41.1 Å². The first kappa shape index (κ1) is 17.9. The molecule has 0 bridgehead atoms. The molecule has 0 radical (unpaired) electrons. The van der Waals surface area contributed by atoms with Gasteiger partial charge in [-0.1, -0.05) is 45.2 Å². The maximum absolute atomic E-state index is 11.7. The molecule has 0 aliphatic rings. The minimum atomic E-state index is -0.283. The van der Waals surface area contributed by atoms with Crippen molar-refractivity contribution in [3.05, 3.63) is 57.0 Å². The predicted molar refractivity (Wildman–Crippen MR) is 97.7 cm³/mol. The lowest BCUT2D eigenvalue weighted by Gasteiger charge is -2.10. The van der Waals surface area contributed by atoms with Crippen molar-refractivity contribution < 1.29 is 9.53 Å². The fourth-order valence-electron chi connectivity index (χ4n) is 1.79. The van der Waals surface area contributed by atoms with Crippen LogP contribution in [0.3, 0.4) is 0 Å². The number of halogens is 3. The van der Waals surface area contributed by atoms with Crippen molar-refractivity contribution in [3.63, 3.8) is 0 Å². The molecule has 2 rings (SSSR count). The molecule has 0 heterocycles. The molecule has 23 heavy (non-hydrogen) atoms. The Balaban J connectivity index is 1.66. The third-order valence-corrected chi connectivity index (χ3v) is 3.86. The van der Waals surface area contributed by atoms with Crippen LogP contribution in [0.1, 0.15) is 6.42 Å². The van der Waals surface area contributed by atoms with Crippen LogP contribution in [0.4, 0.5) is 10.5 Å². The van der Waals surface area contributed by atoms with E-state index in [1.165, 1.54) is 0 Å². The van der Waals surface area contributed by atoms with E-state index in [1.54, 1.807) is 36.4 Å². The first-order valence-corrected chi connectivity index (χ1v) is 8.48. The van der Waals surface area contributed by atoms with Crippen LogP contribution in [0.2, 0.25) is 10.0 Å². The van der Waals surface area contributed by atoms with Gasteiger partial charge in [0.1, 0.15) is 5.75 Å². The number of nitrogens with one attached hydrogen (secondary N) is 2. The summed E-state index contributed by atoms with van der Waals surface area (Å²) in [5, 5.41) is 6.57. The van der Waals surface area contributed by atoms with Crippen molar-refractivity contribution in [2.24, 2.45) is 0 Å². The lowest BCUT2D eigenvalue weighted by atomic mass is 10.3. The van der Waals surface area contributed by atoms with Crippen LogP contribution in [0.25, 0.3) is 0 Å². The van der Waals surface area contributed by atoms with Crippen molar-refractivity contribution in [3.8, 4) is 5.75 Å². The molecule has 2 amide bonds. The molecule has 0 saturated carbocycles. The molecule has 2 aromatic rings. The molecule has 0 unspecified atom stereocenters. The Labute approximate surface area is 153 Å². The Hall–Kier alpha value is -1.43. The fourth-order valence-corrected chi connectivity index (χ4v) is 2.71. The summed E-state index contributed by atoms with van der Waals surface area (Å²) >= 11 is 15.2. The van der Waals surface area contributed by atoms with Crippen LogP contribution >= 0.6 is 39.1 Å². The Morgan fingerprint density at radius 1 is 1.17 bits per heavy atom. The van der Waals surface area contributed by atoms with Crippen LogP contribution in [-0.4, -0.2) is 19.2 Å². The number of anilines is 1. The lowest BCUT2D eigenvalue weighted by Crippen LogP contribution is -2.30. The summed E-state index contributed by atoms with van der Waals surface area (Å²) in [6, 6.07) is 12.1. The highest BCUT2D eigenvalue weighted by Gasteiger charge is 2.03. The number of hydrogen-bond donors (Lipinski definition) is 2. The average molecular weight is 418 g/mol. The zero-order valence-electron chi connectivity index (χ0n) is 12.1. The van der Waals surface area contributed by atoms with Gasteiger partial charge < -0.3 is 15.4 Å². The Morgan fingerprint density at radius 3 is 2.74 bits per heavy atom. The largest absolute Gasteiger partial charge is 0.492 e. The molecule has 4 nitrogen and oxygen atoms in total. The first-order valence-electron chi connectivity index (χ1n) is 6.93. The molecule has 0 atom stereocenters. The number of ether oxygens (including phenoxy) is 1. The van der Waals surface area contributed by atoms with Crippen LogP contribution in [0.15, 0.2) is 46.9 Å². The summed E-state index contributed by atoms with van der Waals surface area (Å²) in [4.78, 5) is 11.7. The zero-order valence-corrected chi connectivity index (χ0v) is 15.2. The van der Waals surface area contributed by atoms with Gasteiger partial charge in [0.2, 0.25) is 0 Å². The topological polar surface area (TPSA) is 50.4 Å². The van der Waals surface area contributed by atoms with Crippen molar-refractivity contribution in [1.29, 1.82) is 0 Å². The van der Waals surface area contributed by atoms with Gasteiger partial charge >= 0.3 is 6.03 Å².